The molecule has 2 aliphatic carbocycles. The fourth-order valence-electron chi connectivity index (χ4n) is 11.7. The summed E-state index contributed by atoms with van der Waals surface area (Å²) in [5.74, 6) is 7.22. The summed E-state index contributed by atoms with van der Waals surface area (Å²) in [6.07, 6.45) is 46.3. The summed E-state index contributed by atoms with van der Waals surface area (Å²) in [4.78, 5) is 70.4. The number of aryl methyl sites for hydroxylation is 9. The monoisotopic (exact) mass is 1770 g/mol. The predicted octanol–water partition coefficient (Wildman–Crippen LogP) is 21.8. The average Bonchev–Trinajstić information content (AvgIpc) is 1.72. The number of aromatic nitrogens is 10. The topological polar surface area (TPSA) is 349 Å². The van der Waals surface area contributed by atoms with Gasteiger partial charge in [-0.3, -0.25) is 4.79 Å². The third kappa shape index (κ3) is 34.4. The lowest BCUT2D eigenvalue weighted by Crippen LogP contribution is -2.38. The van der Waals surface area contributed by atoms with Crippen molar-refractivity contribution in [2.24, 2.45) is 5.73 Å². The lowest BCUT2D eigenvalue weighted by Gasteiger charge is -2.23. The molecule has 14 rings (SSSR count). The number of thiazole rings is 5. The molecule has 1 aliphatic heterocycles. The van der Waals surface area contributed by atoms with Gasteiger partial charge in [0.2, 0.25) is 11.8 Å². The first kappa shape index (κ1) is 95.1. The zero-order valence-corrected chi connectivity index (χ0v) is 77.3. The van der Waals surface area contributed by atoms with E-state index in [0.29, 0.717) is 34.8 Å². The van der Waals surface area contributed by atoms with Crippen molar-refractivity contribution in [3.8, 4) is 0 Å². The van der Waals surface area contributed by atoms with E-state index in [1.165, 1.54) is 127 Å². The third-order valence-corrected chi connectivity index (χ3v) is 24.1. The van der Waals surface area contributed by atoms with Gasteiger partial charge in [-0.05, 0) is 130 Å². The minimum atomic E-state index is -0.994. The number of carboxylic acids is 1. The molecule has 118 heavy (non-hydrogen) atoms. The number of piperidine rings is 1. The maximum absolute atomic E-state index is 10.9. The van der Waals surface area contributed by atoms with Crippen LogP contribution in [0.1, 0.15) is 279 Å². The normalized spacial score (nSPS) is 14.8. The minimum absolute atomic E-state index is 0.000164. The average molecular weight is 1770 g/mol. The number of nitrogens with one attached hydrogen (secondary N) is 4. The molecule has 3 aliphatic rings. The molecule has 0 spiro atoms. The first-order valence-electron chi connectivity index (χ1n) is 40.7. The molecule has 3 fully saturated rings. The van der Waals surface area contributed by atoms with Gasteiger partial charge in [-0.2, -0.15) is 0 Å². The molecule has 1 atom stereocenters. The molecule has 2 saturated carbocycles. The lowest BCUT2D eigenvalue weighted by atomic mass is 9.94. The fourth-order valence-corrected chi connectivity index (χ4v) is 16.2. The van der Waals surface area contributed by atoms with Crippen molar-refractivity contribution in [3.05, 3.63) is 196 Å². The van der Waals surface area contributed by atoms with Gasteiger partial charge >= 0.3 is 5.97 Å². The van der Waals surface area contributed by atoms with Gasteiger partial charge < -0.3 is 59.9 Å². The van der Waals surface area contributed by atoms with Crippen LogP contribution in [0.5, 0.6) is 0 Å². The Morgan fingerprint density at radius 1 is 0.492 bits per heavy atom. The van der Waals surface area contributed by atoms with Crippen LogP contribution >= 0.6 is 72.6 Å². The highest BCUT2D eigenvalue weighted by Gasteiger charge is 2.25. The number of nitrogens with two attached hydrogens (primary N) is 2. The summed E-state index contributed by atoms with van der Waals surface area (Å²) in [7, 11) is 0. The van der Waals surface area contributed by atoms with Crippen LogP contribution in [0.3, 0.4) is 0 Å². The second-order valence-corrected chi connectivity index (χ2v) is 41.6. The van der Waals surface area contributed by atoms with Crippen LogP contribution in [0.25, 0.3) is 12.2 Å². The molecule has 24 nitrogen and oxygen atoms in total. The summed E-state index contributed by atoms with van der Waals surface area (Å²) in [6.45, 7) is 39.3. The molecule has 11 aromatic rings. The number of amides is 1. The molecule has 9 N–H and O–H groups in total. The number of anilines is 4. The summed E-state index contributed by atoms with van der Waals surface area (Å²) < 4.78 is 29.7. The number of rotatable bonds is 21. The quantitative estimate of drug-likeness (QED) is 0.0329. The highest BCUT2D eigenvalue weighted by Crippen LogP contribution is 2.32. The first-order chi connectivity index (χ1) is 55.9. The van der Waals surface area contributed by atoms with Gasteiger partial charge in [-0.25, -0.2) is 54.6 Å². The van der Waals surface area contributed by atoms with Crippen LogP contribution in [0, 0.1) is 6.92 Å². The second kappa shape index (κ2) is 45.9. The van der Waals surface area contributed by atoms with E-state index < -0.39 is 5.97 Å². The Hall–Kier alpha value is -8.36. The van der Waals surface area contributed by atoms with Crippen molar-refractivity contribution in [3.63, 3.8) is 0 Å². The van der Waals surface area contributed by atoms with E-state index in [9.17, 15) is 9.59 Å². The molecule has 10 aromatic heterocycles. The summed E-state index contributed by atoms with van der Waals surface area (Å²) in [5.41, 5.74) is 12.0. The maximum atomic E-state index is 10.9. The van der Waals surface area contributed by atoms with Crippen LogP contribution in [-0.4, -0.2) is 98.0 Å². The number of benzene rings is 1. The van der Waals surface area contributed by atoms with Crippen LogP contribution in [0.2, 0.25) is 0 Å². The number of hydrogen-bond donors (Lipinski definition) is 7. The van der Waals surface area contributed by atoms with Crippen LogP contribution in [0.15, 0.2) is 125 Å². The molecular formula is C88H123BrN16O8S5. The number of aromatic carboxylic acids is 1. The molecule has 0 radical (unpaired) electrons. The Kier molecular flexibility index (Phi) is 37.0. The van der Waals surface area contributed by atoms with Gasteiger partial charge in [0.15, 0.2) is 42.9 Å². The number of oxazole rings is 5. The van der Waals surface area contributed by atoms with E-state index in [-0.39, 0.29) is 38.5 Å². The Bertz CT molecular complexity index is 4590. The number of carbonyl (C=O) groups is 2. The lowest BCUT2D eigenvalue weighted by molar-refractivity contribution is -0.111. The molecule has 1 saturated heterocycles. The Morgan fingerprint density at radius 2 is 0.907 bits per heavy atom. The van der Waals surface area contributed by atoms with E-state index in [1.807, 2.05) is 74.8 Å². The van der Waals surface area contributed by atoms with Gasteiger partial charge in [-0.15, -0.1) is 56.7 Å². The number of halogens is 1. The summed E-state index contributed by atoms with van der Waals surface area (Å²) in [5, 5.41) is 25.4. The maximum Gasteiger partial charge on any atom is 0.335 e. The number of nitrogens with zero attached hydrogens (tertiary/aromatic N) is 10. The SMILES string of the molecule is C=CC(=O)Nc1ccc(C(=O)O)cc1.CC(C)(C)c1cnc(CCc2cnc(Br)s2)o1.CC(C)(C)c1cnc(CCc2cnc(N)s2)o1.CC(C)(C)c1cnc(CCc2cnc(NC3CCCCC3)s2)o1.CC(C)(C)c1cnc(CCc2cnc(N[C@@H]3CCCNC3)s2)o1.Cc1ncc(/C=C/c2ncc(C(C)(C)C)o2)s1.NC1CCCCC1. The minimum Gasteiger partial charge on any atom is -0.478 e. The number of hydrogen-bond acceptors (Lipinski definition) is 27. The van der Waals surface area contributed by atoms with Crippen molar-refractivity contribution in [1.29, 1.82) is 0 Å². The van der Waals surface area contributed by atoms with Crippen molar-refractivity contribution in [2.45, 2.75) is 284 Å². The van der Waals surface area contributed by atoms with E-state index in [2.05, 4.69) is 197 Å². The van der Waals surface area contributed by atoms with Gasteiger partial charge in [-0.1, -0.05) is 149 Å². The fraction of sp³-hybridized carbons (Fsp3) is 0.523. The molecule has 1 amide bonds. The number of nitrogen functional groups attached to an aromatic ring is 1. The highest BCUT2D eigenvalue weighted by atomic mass is 79.9. The molecule has 30 heteroatoms. The third-order valence-electron chi connectivity index (χ3n) is 18.8. The zero-order chi connectivity index (χ0) is 85.6. The molecule has 640 valence electrons. The van der Waals surface area contributed by atoms with Gasteiger partial charge in [0.25, 0.3) is 0 Å². The zero-order valence-electron chi connectivity index (χ0n) is 71.7. The van der Waals surface area contributed by atoms with Crippen LogP contribution in [-0.2, 0) is 83.2 Å². The van der Waals surface area contributed by atoms with Crippen LogP contribution < -0.4 is 32.7 Å². The first-order valence-corrected chi connectivity index (χ1v) is 45.6. The van der Waals surface area contributed by atoms with E-state index in [0.717, 1.165) is 152 Å². The highest BCUT2D eigenvalue weighted by molar-refractivity contribution is 9.11. The Morgan fingerprint density at radius 3 is 1.27 bits per heavy atom. The van der Waals surface area contributed by atoms with Gasteiger partial charge in [0, 0.05) is 145 Å². The molecular weight excluding hydrogens is 1650 g/mol. The van der Waals surface area contributed by atoms with Crippen LogP contribution in [0.4, 0.5) is 21.1 Å². The largest absolute Gasteiger partial charge is 0.478 e. The summed E-state index contributed by atoms with van der Waals surface area (Å²) in [6, 6.07) is 7.53. The molecule has 11 heterocycles. The Balaban J connectivity index is 0.000000175. The smallest absolute Gasteiger partial charge is 0.335 e. The van der Waals surface area contributed by atoms with E-state index in [1.54, 1.807) is 51.5 Å². The van der Waals surface area contributed by atoms with E-state index >= 15 is 0 Å². The van der Waals surface area contributed by atoms with Crippen molar-refractivity contribution < 1.29 is 36.8 Å². The number of carbonyl (C=O) groups excluding carboxylic acids is 1. The predicted molar refractivity (Wildman–Crippen MR) is 485 cm³/mol. The molecule has 0 unspecified atom stereocenters. The summed E-state index contributed by atoms with van der Waals surface area (Å²) >= 11 is 11.7. The van der Waals surface area contributed by atoms with Crippen molar-refractivity contribution >= 4 is 118 Å². The molecule has 1 aromatic carbocycles. The van der Waals surface area contributed by atoms with Gasteiger partial charge in [0.05, 0.1) is 41.6 Å². The van der Waals surface area contributed by atoms with Crippen molar-refractivity contribution in [1.82, 2.24) is 55.2 Å². The second-order valence-electron chi connectivity index (χ2n) is 34.5. The standard InChI is InChI=1S/C18H27N3OS.C17H26N4OS.C13H16N2OS.C12H15BrN2OS.C12H17N3OS.C10H9NO3.C6H13N/c1-18(2,3)15-12-19-16(22-15)10-9-14-11-20-17(23-14)21-13-7-5-4-6-8-13;1-17(2,3)14-11-19-15(22-14)7-6-13-10-20-16(23-13)21-12-5-4-8-18-9-12;1-9-14-7-10(17-9)5-6-12-15-8-11(16-12)13(2,3)4;2*1-12(2,3)9-7-14-10(16-9)5-4-8-6-15-11(13)17-8;1-2-9(12)11-8-5-3-7(4-6-8)10(13)14;7-6-4-2-1-3-5-6/h11-13H,4-10H2,1-3H3,(H,20,21);10-12,18H,4-9H2,1-3H3,(H,20,21);5-8H,1-4H3;6-7H,4-5H2,1-3H3;6-7H,4-5H2,1-3H3,(H2,13,15);2-6H,1H2,(H,11,12)(H,13,14);6H,1-5,7H2/b;;6-5+;;;;/t;12-;;;;;/m.1...../s1. The Labute approximate surface area is 725 Å². The molecule has 0 bridgehead atoms. The van der Waals surface area contributed by atoms with Crippen molar-refractivity contribution in [2.75, 3.05) is 34.8 Å². The number of carboxylic acid groups (broad SMARTS) is 1. The van der Waals surface area contributed by atoms with E-state index in [4.69, 9.17) is 38.7 Å². The van der Waals surface area contributed by atoms with Gasteiger partial charge in [0.1, 0.15) is 28.8 Å².